The first-order chi connectivity index (χ1) is 12.2. The lowest BCUT2D eigenvalue weighted by molar-refractivity contribution is -0.0737. The van der Waals surface area contributed by atoms with Crippen LogP contribution in [0.5, 0.6) is 0 Å². The van der Waals surface area contributed by atoms with Gasteiger partial charge in [0.1, 0.15) is 5.76 Å². The molecule has 2 heterocycles. The van der Waals surface area contributed by atoms with E-state index < -0.39 is 0 Å². The van der Waals surface area contributed by atoms with E-state index in [9.17, 15) is 0 Å². The van der Waals surface area contributed by atoms with Gasteiger partial charge in [-0.05, 0) is 64.4 Å². The number of rotatable bonds is 5. The van der Waals surface area contributed by atoms with Crippen molar-refractivity contribution in [3.63, 3.8) is 0 Å². The van der Waals surface area contributed by atoms with E-state index in [0.717, 1.165) is 17.1 Å². The van der Waals surface area contributed by atoms with Gasteiger partial charge in [-0.3, -0.25) is 0 Å². The van der Waals surface area contributed by atoms with Crippen LogP contribution in [0.2, 0.25) is 0 Å². The lowest BCUT2D eigenvalue weighted by Crippen LogP contribution is -2.41. The molecule has 3 rings (SSSR count). The highest BCUT2D eigenvalue weighted by atomic mass is 16.5. The predicted octanol–water partition coefficient (Wildman–Crippen LogP) is 6.07. The van der Waals surface area contributed by atoms with Crippen molar-refractivity contribution in [1.82, 2.24) is 0 Å². The molecule has 2 aromatic rings. The van der Waals surface area contributed by atoms with E-state index in [1.165, 1.54) is 11.1 Å². The Morgan fingerprint density at radius 2 is 1.92 bits per heavy atom. The number of aryl methyl sites for hydroxylation is 1. The van der Waals surface area contributed by atoms with Crippen molar-refractivity contribution in [2.75, 3.05) is 10.6 Å². The molecule has 0 aliphatic carbocycles. The molecule has 26 heavy (non-hydrogen) atoms. The molecule has 2 atom stereocenters. The van der Waals surface area contributed by atoms with Gasteiger partial charge in [-0.1, -0.05) is 13.8 Å². The molecule has 2 unspecified atom stereocenters. The van der Waals surface area contributed by atoms with Crippen molar-refractivity contribution >= 4 is 11.4 Å². The first-order valence-corrected chi connectivity index (χ1v) is 9.56. The third kappa shape index (κ3) is 3.48. The summed E-state index contributed by atoms with van der Waals surface area (Å²) in [4.78, 5) is 0. The largest absolute Gasteiger partial charge is 0.467 e. The summed E-state index contributed by atoms with van der Waals surface area (Å²) < 4.78 is 12.2. The van der Waals surface area contributed by atoms with Gasteiger partial charge in [0.2, 0.25) is 0 Å². The van der Waals surface area contributed by atoms with Crippen molar-refractivity contribution < 1.29 is 9.15 Å². The number of fused-ring (bicyclic) bond motifs is 1. The van der Waals surface area contributed by atoms with Crippen molar-refractivity contribution in [3.05, 3.63) is 47.4 Å². The Balaban J connectivity index is 2.12. The van der Waals surface area contributed by atoms with Crippen molar-refractivity contribution in [2.45, 2.75) is 72.8 Å². The number of furan rings is 1. The minimum absolute atomic E-state index is 0.0264. The monoisotopic (exact) mass is 356 g/mol. The smallest absolute Gasteiger partial charge is 0.126 e. The maximum absolute atomic E-state index is 6.47. The van der Waals surface area contributed by atoms with E-state index in [0.29, 0.717) is 6.04 Å². The third-order valence-corrected chi connectivity index (χ3v) is 5.05. The Morgan fingerprint density at radius 3 is 2.50 bits per heavy atom. The number of ether oxygens (including phenoxy) is 1. The molecule has 0 fully saturated rings. The van der Waals surface area contributed by atoms with Crippen LogP contribution in [-0.2, 0) is 4.74 Å². The second kappa shape index (κ2) is 6.99. The van der Waals surface area contributed by atoms with Gasteiger partial charge in [-0.15, -0.1) is 0 Å². The molecule has 2 N–H and O–H groups in total. The first kappa shape index (κ1) is 18.8. The van der Waals surface area contributed by atoms with E-state index in [-0.39, 0.29) is 23.7 Å². The second-order valence-corrected chi connectivity index (χ2v) is 8.54. The van der Waals surface area contributed by atoms with Gasteiger partial charge in [0.25, 0.3) is 0 Å². The minimum Gasteiger partial charge on any atom is -0.467 e. The van der Waals surface area contributed by atoms with Crippen LogP contribution < -0.4 is 10.6 Å². The number of hydrogen-bond donors (Lipinski definition) is 2. The highest BCUT2D eigenvalue weighted by molar-refractivity contribution is 5.68. The van der Waals surface area contributed by atoms with Gasteiger partial charge < -0.3 is 19.8 Å². The molecule has 0 radical (unpaired) electrons. The van der Waals surface area contributed by atoms with Crippen LogP contribution in [0.3, 0.4) is 0 Å². The zero-order valence-electron chi connectivity index (χ0n) is 17.0. The quantitative estimate of drug-likeness (QED) is 0.683. The Morgan fingerprint density at radius 1 is 1.19 bits per heavy atom. The van der Waals surface area contributed by atoms with Crippen LogP contribution in [0.25, 0.3) is 0 Å². The molecule has 1 aromatic carbocycles. The van der Waals surface area contributed by atoms with Crippen LogP contribution in [0.15, 0.2) is 34.9 Å². The molecule has 1 aromatic heterocycles. The molecule has 142 valence electrons. The highest BCUT2D eigenvalue weighted by Gasteiger charge is 2.46. The standard InChI is InChI=1S/C22H32N2O2/c1-13(2)23-16-11-15(5)19-17(12-16)21(26-14(3)4)22(6,7)20(24-19)18-9-8-10-25-18/h8-14,20-21,23-24H,1-7H3. The van der Waals surface area contributed by atoms with Crippen LogP contribution in [0.4, 0.5) is 11.4 Å². The molecular formula is C22H32N2O2. The fourth-order valence-corrected chi connectivity index (χ4v) is 3.93. The fourth-order valence-electron chi connectivity index (χ4n) is 3.93. The maximum Gasteiger partial charge on any atom is 0.126 e. The van der Waals surface area contributed by atoms with Gasteiger partial charge >= 0.3 is 0 Å². The van der Waals surface area contributed by atoms with Crippen LogP contribution in [0, 0.1) is 12.3 Å². The van der Waals surface area contributed by atoms with Gasteiger partial charge in [-0.2, -0.15) is 0 Å². The summed E-state index contributed by atoms with van der Waals surface area (Å²) in [5.41, 5.74) is 4.57. The zero-order valence-corrected chi connectivity index (χ0v) is 17.0. The predicted molar refractivity (Wildman–Crippen MR) is 108 cm³/mol. The Kier molecular flexibility index (Phi) is 5.07. The van der Waals surface area contributed by atoms with Gasteiger partial charge in [0.15, 0.2) is 0 Å². The summed E-state index contributed by atoms with van der Waals surface area (Å²) >= 11 is 0. The third-order valence-electron chi connectivity index (χ3n) is 5.05. The van der Waals surface area contributed by atoms with E-state index in [1.54, 1.807) is 6.26 Å². The summed E-state index contributed by atoms with van der Waals surface area (Å²) in [7, 11) is 0. The van der Waals surface area contributed by atoms with Crippen molar-refractivity contribution in [1.29, 1.82) is 0 Å². The second-order valence-electron chi connectivity index (χ2n) is 8.54. The minimum atomic E-state index is -0.169. The zero-order chi connectivity index (χ0) is 19.1. The van der Waals surface area contributed by atoms with Crippen molar-refractivity contribution in [3.8, 4) is 0 Å². The summed E-state index contributed by atoms with van der Waals surface area (Å²) in [6.07, 6.45) is 1.86. The molecule has 1 aliphatic heterocycles. The number of hydrogen-bond acceptors (Lipinski definition) is 4. The molecule has 0 spiro atoms. The van der Waals surface area contributed by atoms with Gasteiger partial charge in [-0.25, -0.2) is 0 Å². The normalized spacial score (nSPS) is 21.6. The average molecular weight is 357 g/mol. The van der Waals surface area contributed by atoms with Gasteiger partial charge in [0.05, 0.1) is 24.5 Å². The van der Waals surface area contributed by atoms with E-state index in [4.69, 9.17) is 9.15 Å². The molecule has 0 bridgehead atoms. The van der Waals surface area contributed by atoms with Crippen LogP contribution in [0.1, 0.15) is 70.6 Å². The molecular weight excluding hydrogens is 324 g/mol. The summed E-state index contributed by atoms with van der Waals surface area (Å²) in [6, 6.07) is 8.87. The Labute approximate surface area is 157 Å². The summed E-state index contributed by atoms with van der Waals surface area (Å²) in [5, 5.41) is 7.27. The van der Waals surface area contributed by atoms with Gasteiger partial charge in [0, 0.05) is 28.4 Å². The van der Waals surface area contributed by atoms with E-state index >= 15 is 0 Å². The molecule has 1 aliphatic rings. The van der Waals surface area contributed by atoms with Crippen LogP contribution in [-0.4, -0.2) is 12.1 Å². The first-order valence-electron chi connectivity index (χ1n) is 9.56. The topological polar surface area (TPSA) is 46.4 Å². The molecule has 4 nitrogen and oxygen atoms in total. The molecule has 0 amide bonds. The Hall–Kier alpha value is -1.94. The molecule has 4 heteroatoms. The van der Waals surface area contributed by atoms with Crippen molar-refractivity contribution in [2.24, 2.45) is 5.41 Å². The fraction of sp³-hybridized carbons (Fsp3) is 0.545. The lowest BCUT2D eigenvalue weighted by atomic mass is 9.71. The average Bonchev–Trinajstić information content (AvgIpc) is 3.03. The summed E-state index contributed by atoms with van der Waals surface area (Å²) in [6.45, 7) is 15.2. The summed E-state index contributed by atoms with van der Waals surface area (Å²) in [5.74, 6) is 0.946. The SMILES string of the molecule is Cc1cc(NC(C)C)cc2c1NC(c1ccco1)C(C)(C)C2OC(C)C. The van der Waals surface area contributed by atoms with E-state index in [1.807, 2.05) is 12.1 Å². The lowest BCUT2D eigenvalue weighted by Gasteiger charge is -2.47. The Bertz CT molecular complexity index is 748. The van der Waals surface area contributed by atoms with Crippen LogP contribution >= 0.6 is 0 Å². The number of nitrogens with one attached hydrogen (secondary N) is 2. The molecule has 0 saturated carbocycles. The van der Waals surface area contributed by atoms with E-state index in [2.05, 4.69) is 71.2 Å². The maximum atomic E-state index is 6.47. The highest BCUT2D eigenvalue weighted by Crippen LogP contribution is 2.54. The number of anilines is 2. The number of benzene rings is 1. The molecule has 0 saturated heterocycles.